The molecule has 0 amide bonds. The second kappa shape index (κ2) is 5.88. The Kier molecular flexibility index (Phi) is 4.52. The Hall–Kier alpha value is -1.22. The van der Waals surface area contributed by atoms with Gasteiger partial charge in [0.05, 0.1) is 17.3 Å². The predicted molar refractivity (Wildman–Crippen MR) is 86.6 cm³/mol. The summed E-state index contributed by atoms with van der Waals surface area (Å²) < 4.78 is 5.36. The van der Waals surface area contributed by atoms with E-state index in [2.05, 4.69) is 26.1 Å². The summed E-state index contributed by atoms with van der Waals surface area (Å²) in [6.07, 6.45) is 1.72. The summed E-state index contributed by atoms with van der Waals surface area (Å²) in [5, 5.41) is 4.03. The minimum Gasteiger partial charge on any atom is -0.464 e. The third-order valence-corrected chi connectivity index (χ3v) is 4.66. The van der Waals surface area contributed by atoms with Crippen LogP contribution in [0.5, 0.6) is 0 Å². The lowest BCUT2D eigenvalue weighted by Crippen LogP contribution is -2.50. The highest BCUT2D eigenvalue weighted by Crippen LogP contribution is 2.50. The number of esters is 1. The monoisotopic (exact) mass is 309 g/mol. The van der Waals surface area contributed by atoms with Crippen LogP contribution in [0.1, 0.15) is 40.5 Å². The van der Waals surface area contributed by atoms with Gasteiger partial charge in [0.25, 0.3) is 0 Å². The van der Waals surface area contributed by atoms with Crippen LogP contribution < -0.4 is 5.32 Å². The summed E-state index contributed by atoms with van der Waals surface area (Å²) >= 11 is 6.25. The molecule has 2 unspecified atom stereocenters. The van der Waals surface area contributed by atoms with E-state index in [0.29, 0.717) is 11.6 Å². The average Bonchev–Trinajstić information content (AvgIpc) is 2.63. The number of hydrogen-bond acceptors (Lipinski definition) is 3. The Morgan fingerprint density at radius 2 is 2.10 bits per heavy atom. The van der Waals surface area contributed by atoms with Crippen LogP contribution in [0.4, 0.5) is 5.69 Å². The summed E-state index contributed by atoms with van der Waals surface area (Å²) in [7, 11) is 0. The molecule has 0 heterocycles. The number of nitrogens with one attached hydrogen (secondary N) is 1. The smallest absolute Gasteiger partial charge is 0.332 e. The summed E-state index contributed by atoms with van der Waals surface area (Å²) in [5.74, 6) is 0.00539. The van der Waals surface area contributed by atoms with Gasteiger partial charge in [-0.1, -0.05) is 44.5 Å². The van der Waals surface area contributed by atoms with Crippen LogP contribution in [0, 0.1) is 11.3 Å². The number of rotatable bonds is 4. The molecule has 116 valence electrons. The molecule has 1 aromatic carbocycles. The zero-order chi connectivity index (χ0) is 15.7. The third-order valence-electron chi connectivity index (χ3n) is 4.33. The van der Waals surface area contributed by atoms with Crippen molar-refractivity contribution in [2.45, 2.75) is 46.1 Å². The van der Waals surface area contributed by atoms with Crippen molar-refractivity contribution < 1.29 is 9.53 Å². The molecule has 4 heteroatoms. The van der Waals surface area contributed by atoms with Crippen LogP contribution >= 0.6 is 11.6 Å². The van der Waals surface area contributed by atoms with E-state index >= 15 is 0 Å². The number of benzene rings is 1. The Labute approximate surface area is 132 Å². The predicted octanol–water partition coefficient (Wildman–Crippen LogP) is 4.51. The Balaban J connectivity index is 2.38. The number of carbonyl (C=O) groups is 1. The molecule has 0 aromatic heterocycles. The lowest BCUT2D eigenvalue weighted by molar-refractivity contribution is -0.150. The maximum Gasteiger partial charge on any atom is 0.332 e. The molecular weight excluding hydrogens is 286 g/mol. The fraction of sp³-hybridized carbons (Fsp3) is 0.588. The minimum atomic E-state index is -0.704. The zero-order valence-electron chi connectivity index (χ0n) is 13.2. The van der Waals surface area contributed by atoms with E-state index < -0.39 is 5.54 Å². The maximum absolute atomic E-state index is 12.7. The van der Waals surface area contributed by atoms with Gasteiger partial charge in [-0.15, -0.1) is 0 Å². The molecule has 0 bridgehead atoms. The number of hydrogen-bond donors (Lipinski definition) is 1. The second-order valence-electron chi connectivity index (χ2n) is 6.74. The van der Waals surface area contributed by atoms with Crippen LogP contribution in [0.15, 0.2) is 24.3 Å². The number of anilines is 1. The lowest BCUT2D eigenvalue weighted by atomic mass is 9.86. The van der Waals surface area contributed by atoms with E-state index in [0.717, 1.165) is 18.5 Å². The number of ether oxygens (including phenoxy) is 1. The Morgan fingerprint density at radius 1 is 1.43 bits per heavy atom. The van der Waals surface area contributed by atoms with Gasteiger partial charge in [-0.3, -0.25) is 0 Å². The largest absolute Gasteiger partial charge is 0.464 e. The van der Waals surface area contributed by atoms with E-state index in [-0.39, 0.29) is 17.3 Å². The molecule has 3 nitrogen and oxygen atoms in total. The molecule has 1 aliphatic rings. The van der Waals surface area contributed by atoms with Gasteiger partial charge in [0, 0.05) is 0 Å². The van der Waals surface area contributed by atoms with Crippen LogP contribution in [-0.4, -0.2) is 18.1 Å². The molecule has 0 radical (unpaired) electrons. The van der Waals surface area contributed by atoms with Gasteiger partial charge in [-0.05, 0) is 43.2 Å². The Morgan fingerprint density at radius 3 is 2.62 bits per heavy atom. The molecule has 0 aliphatic heterocycles. The molecule has 2 rings (SSSR count). The van der Waals surface area contributed by atoms with Crippen molar-refractivity contribution in [3.8, 4) is 0 Å². The third kappa shape index (κ3) is 3.18. The summed E-state index contributed by atoms with van der Waals surface area (Å²) in [6, 6.07) is 7.53. The Bertz CT molecular complexity index is 529. The molecule has 1 N–H and O–H groups in total. The van der Waals surface area contributed by atoms with Gasteiger partial charge in [0.1, 0.15) is 5.54 Å². The maximum atomic E-state index is 12.7. The number of carbonyl (C=O) groups excluding carboxylic acids is 1. The first-order valence-electron chi connectivity index (χ1n) is 7.51. The van der Waals surface area contributed by atoms with Crippen molar-refractivity contribution in [3.05, 3.63) is 29.3 Å². The van der Waals surface area contributed by atoms with E-state index in [1.807, 2.05) is 31.2 Å². The number of halogens is 1. The first kappa shape index (κ1) is 16.2. The first-order valence-corrected chi connectivity index (χ1v) is 7.88. The van der Waals surface area contributed by atoms with Crippen molar-refractivity contribution in [2.75, 3.05) is 11.9 Å². The highest BCUT2D eigenvalue weighted by atomic mass is 35.5. The fourth-order valence-electron chi connectivity index (χ4n) is 3.56. The number of para-hydroxylation sites is 1. The minimum absolute atomic E-state index is 0.0977. The first-order chi connectivity index (χ1) is 9.81. The highest BCUT2D eigenvalue weighted by molar-refractivity contribution is 6.33. The highest BCUT2D eigenvalue weighted by Gasteiger charge is 2.54. The van der Waals surface area contributed by atoms with Crippen LogP contribution in [0.2, 0.25) is 5.02 Å². The van der Waals surface area contributed by atoms with E-state index in [1.165, 1.54) is 0 Å². The average molecular weight is 310 g/mol. The van der Waals surface area contributed by atoms with Gasteiger partial charge in [0.2, 0.25) is 0 Å². The van der Waals surface area contributed by atoms with Gasteiger partial charge in [-0.25, -0.2) is 4.79 Å². The van der Waals surface area contributed by atoms with E-state index in [4.69, 9.17) is 16.3 Å². The van der Waals surface area contributed by atoms with Crippen molar-refractivity contribution in [1.82, 2.24) is 0 Å². The topological polar surface area (TPSA) is 38.3 Å². The van der Waals surface area contributed by atoms with E-state index in [9.17, 15) is 4.79 Å². The van der Waals surface area contributed by atoms with Crippen LogP contribution in [-0.2, 0) is 9.53 Å². The molecule has 0 spiro atoms. The summed E-state index contributed by atoms with van der Waals surface area (Å²) in [4.78, 5) is 12.7. The van der Waals surface area contributed by atoms with Crippen molar-refractivity contribution >= 4 is 23.3 Å². The molecule has 0 saturated heterocycles. The second-order valence-corrected chi connectivity index (χ2v) is 7.15. The zero-order valence-corrected chi connectivity index (χ0v) is 14.0. The quantitative estimate of drug-likeness (QED) is 0.832. The SMILES string of the molecule is CCOC(=O)C1(Nc2ccccc2Cl)CC(C)(C)CC1C. The molecule has 21 heavy (non-hydrogen) atoms. The fourth-order valence-corrected chi connectivity index (χ4v) is 3.74. The molecule has 1 aromatic rings. The molecule has 2 atom stereocenters. The molecule has 1 fully saturated rings. The lowest BCUT2D eigenvalue weighted by Gasteiger charge is -2.34. The van der Waals surface area contributed by atoms with Crippen LogP contribution in [0.3, 0.4) is 0 Å². The van der Waals surface area contributed by atoms with Crippen molar-refractivity contribution in [3.63, 3.8) is 0 Å². The van der Waals surface area contributed by atoms with Gasteiger partial charge < -0.3 is 10.1 Å². The normalized spacial score (nSPS) is 27.4. The molecule has 1 aliphatic carbocycles. The summed E-state index contributed by atoms with van der Waals surface area (Å²) in [5.41, 5.74) is 0.182. The molecular formula is C17H24ClNO2. The summed E-state index contributed by atoms with van der Waals surface area (Å²) in [6.45, 7) is 8.72. The van der Waals surface area contributed by atoms with Gasteiger partial charge in [-0.2, -0.15) is 0 Å². The standard InChI is InChI=1S/C17H24ClNO2/c1-5-21-15(20)17(11-16(3,4)10-12(17)2)19-14-9-7-6-8-13(14)18/h6-9,12,19H,5,10-11H2,1-4H3. The van der Waals surface area contributed by atoms with Gasteiger partial charge in [0.15, 0.2) is 0 Å². The molecule has 1 saturated carbocycles. The van der Waals surface area contributed by atoms with Crippen molar-refractivity contribution in [1.29, 1.82) is 0 Å². The van der Waals surface area contributed by atoms with Crippen LogP contribution in [0.25, 0.3) is 0 Å². The van der Waals surface area contributed by atoms with E-state index in [1.54, 1.807) is 0 Å². The van der Waals surface area contributed by atoms with Crippen molar-refractivity contribution in [2.24, 2.45) is 11.3 Å². The van der Waals surface area contributed by atoms with Gasteiger partial charge >= 0.3 is 5.97 Å².